The fraction of sp³-hybridized carbons (Fsp3) is 0.818. The van der Waals surface area contributed by atoms with Crippen LogP contribution in [0.3, 0.4) is 0 Å². The van der Waals surface area contributed by atoms with Gasteiger partial charge >= 0.3 is 0 Å². The maximum atomic E-state index is 5.95. The molecule has 2 bridgehead atoms. The molecule has 1 saturated heterocycles. The average molecular weight is 292 g/mol. The smallest absolute Gasteiger partial charge is 0.291 e. The zero-order valence-corrected chi connectivity index (χ0v) is 11.9. The molecule has 1 aliphatic carbocycles. The fourth-order valence-corrected chi connectivity index (χ4v) is 3.05. The summed E-state index contributed by atoms with van der Waals surface area (Å²) in [6.07, 6.45) is 3.56. The van der Waals surface area contributed by atoms with E-state index in [-0.39, 0.29) is 18.5 Å². The van der Waals surface area contributed by atoms with Gasteiger partial charge in [0.2, 0.25) is 0 Å². The molecule has 7 heteroatoms. The first-order valence-electron chi connectivity index (χ1n) is 6.22. The van der Waals surface area contributed by atoms with Crippen molar-refractivity contribution in [2.24, 2.45) is 5.92 Å². The first kappa shape index (κ1) is 13.8. The van der Waals surface area contributed by atoms with E-state index in [0.717, 1.165) is 31.1 Å². The summed E-state index contributed by atoms with van der Waals surface area (Å²) in [7, 11) is 0. The van der Waals surface area contributed by atoms with Gasteiger partial charge in [0, 0.05) is 24.9 Å². The van der Waals surface area contributed by atoms with Gasteiger partial charge in [-0.15, -0.1) is 21.2 Å². The molecule has 2 heterocycles. The Kier molecular flexibility index (Phi) is 4.64. The third kappa shape index (κ3) is 2.70. The Morgan fingerprint density at radius 1 is 1.33 bits per heavy atom. The van der Waals surface area contributed by atoms with Crippen LogP contribution in [-0.2, 0) is 0 Å². The lowest BCUT2D eigenvalue weighted by atomic mass is 10.1. The molecule has 2 fully saturated rings. The number of piperidine rings is 1. The predicted molar refractivity (Wildman–Crippen MR) is 71.9 cm³/mol. The SMILES string of the molecule is CCCOc1nsnc1OC1CC2CC1CN2.Cl. The van der Waals surface area contributed by atoms with Crippen molar-refractivity contribution in [3.63, 3.8) is 0 Å². The molecule has 1 aromatic heterocycles. The maximum absolute atomic E-state index is 5.95. The van der Waals surface area contributed by atoms with Crippen molar-refractivity contribution in [3.8, 4) is 11.8 Å². The van der Waals surface area contributed by atoms with E-state index in [4.69, 9.17) is 9.47 Å². The Balaban J connectivity index is 0.00000120. The number of ether oxygens (including phenoxy) is 2. The molecule has 3 rings (SSSR count). The molecule has 1 N–H and O–H groups in total. The number of fused-ring (bicyclic) bond motifs is 2. The van der Waals surface area contributed by atoms with Gasteiger partial charge in [-0.2, -0.15) is 0 Å². The molecule has 3 unspecified atom stereocenters. The molecule has 1 aromatic rings. The Labute approximate surface area is 117 Å². The highest BCUT2D eigenvalue weighted by Gasteiger charge is 2.41. The van der Waals surface area contributed by atoms with Gasteiger partial charge in [-0.1, -0.05) is 6.92 Å². The van der Waals surface area contributed by atoms with E-state index in [9.17, 15) is 0 Å². The van der Waals surface area contributed by atoms with E-state index in [1.807, 2.05) is 0 Å². The molecule has 1 saturated carbocycles. The van der Waals surface area contributed by atoms with Gasteiger partial charge < -0.3 is 14.8 Å². The Morgan fingerprint density at radius 3 is 2.83 bits per heavy atom. The standard InChI is InChI=1S/C11H17N3O2S.ClH/c1-2-3-15-10-11(14-17-13-10)16-9-5-8-4-7(9)6-12-8;/h7-9,12H,2-6H2,1H3;1H. The van der Waals surface area contributed by atoms with Crippen LogP contribution in [0.15, 0.2) is 0 Å². The molecule has 102 valence electrons. The van der Waals surface area contributed by atoms with E-state index in [0.29, 0.717) is 30.3 Å². The van der Waals surface area contributed by atoms with Gasteiger partial charge in [-0.25, -0.2) is 0 Å². The molecule has 0 spiro atoms. The summed E-state index contributed by atoms with van der Waals surface area (Å²) in [6, 6.07) is 0.636. The first-order chi connectivity index (χ1) is 8.36. The molecule has 2 aliphatic rings. The van der Waals surface area contributed by atoms with Crippen molar-refractivity contribution in [2.45, 2.75) is 38.3 Å². The van der Waals surface area contributed by atoms with Crippen molar-refractivity contribution < 1.29 is 9.47 Å². The largest absolute Gasteiger partial charge is 0.473 e. The molecule has 3 atom stereocenters. The minimum absolute atomic E-state index is 0. The van der Waals surface area contributed by atoms with Gasteiger partial charge in [0.05, 0.1) is 18.3 Å². The van der Waals surface area contributed by atoms with Crippen molar-refractivity contribution in [1.29, 1.82) is 0 Å². The second kappa shape index (κ2) is 6.04. The van der Waals surface area contributed by atoms with E-state index in [1.54, 1.807) is 0 Å². The zero-order chi connectivity index (χ0) is 11.7. The minimum atomic E-state index is 0. The van der Waals surface area contributed by atoms with Crippen LogP contribution in [0.25, 0.3) is 0 Å². The Morgan fingerprint density at radius 2 is 2.17 bits per heavy atom. The molecule has 1 aliphatic heterocycles. The van der Waals surface area contributed by atoms with Crippen LogP contribution < -0.4 is 14.8 Å². The normalized spacial score (nSPS) is 29.1. The molecule has 0 amide bonds. The van der Waals surface area contributed by atoms with Gasteiger partial charge in [-0.05, 0) is 12.8 Å². The van der Waals surface area contributed by atoms with E-state index >= 15 is 0 Å². The van der Waals surface area contributed by atoms with Crippen LogP contribution in [-0.4, -0.2) is 34.0 Å². The van der Waals surface area contributed by atoms with Crippen molar-refractivity contribution in [3.05, 3.63) is 0 Å². The molecule has 18 heavy (non-hydrogen) atoms. The zero-order valence-electron chi connectivity index (χ0n) is 10.3. The second-order valence-electron chi connectivity index (χ2n) is 4.72. The van der Waals surface area contributed by atoms with Crippen LogP contribution in [0, 0.1) is 5.92 Å². The van der Waals surface area contributed by atoms with E-state index in [1.165, 1.54) is 6.42 Å². The quantitative estimate of drug-likeness (QED) is 0.898. The monoisotopic (exact) mass is 291 g/mol. The second-order valence-corrected chi connectivity index (χ2v) is 5.24. The summed E-state index contributed by atoms with van der Waals surface area (Å²) in [4.78, 5) is 0. The molecular formula is C11H18ClN3O2S. The van der Waals surface area contributed by atoms with Gasteiger partial charge in [-0.3, -0.25) is 0 Å². The summed E-state index contributed by atoms with van der Waals surface area (Å²) in [5.74, 6) is 1.77. The number of hydrogen-bond donors (Lipinski definition) is 1. The average Bonchev–Trinajstić information content (AvgIpc) is 3.02. The fourth-order valence-electron chi connectivity index (χ4n) is 2.60. The van der Waals surface area contributed by atoms with Gasteiger partial charge in [0.15, 0.2) is 0 Å². The summed E-state index contributed by atoms with van der Waals surface area (Å²) >= 11 is 1.15. The van der Waals surface area contributed by atoms with Crippen LogP contribution >= 0.6 is 24.1 Å². The highest BCUT2D eigenvalue weighted by Crippen LogP contribution is 2.36. The molecule has 0 aromatic carbocycles. The number of aromatic nitrogens is 2. The van der Waals surface area contributed by atoms with Crippen LogP contribution in [0.5, 0.6) is 11.8 Å². The van der Waals surface area contributed by atoms with E-state index in [2.05, 4.69) is 21.0 Å². The molecule has 5 nitrogen and oxygen atoms in total. The van der Waals surface area contributed by atoms with E-state index < -0.39 is 0 Å². The number of hydrogen-bond acceptors (Lipinski definition) is 6. The van der Waals surface area contributed by atoms with Crippen molar-refractivity contribution in [1.82, 2.24) is 14.1 Å². The lowest BCUT2D eigenvalue weighted by Gasteiger charge is -2.22. The van der Waals surface area contributed by atoms with Crippen LogP contribution in [0.1, 0.15) is 26.2 Å². The van der Waals surface area contributed by atoms with Crippen molar-refractivity contribution >= 4 is 24.1 Å². The predicted octanol–water partition coefficient (Wildman–Crippen LogP) is 1.88. The number of halogens is 1. The first-order valence-corrected chi connectivity index (χ1v) is 6.95. The highest BCUT2D eigenvalue weighted by molar-refractivity contribution is 6.99. The minimum Gasteiger partial charge on any atom is -0.473 e. The molecular weight excluding hydrogens is 274 g/mol. The van der Waals surface area contributed by atoms with Crippen LogP contribution in [0.2, 0.25) is 0 Å². The summed E-state index contributed by atoms with van der Waals surface area (Å²) in [5, 5.41) is 3.47. The molecule has 0 radical (unpaired) electrons. The third-order valence-electron chi connectivity index (χ3n) is 3.43. The summed E-state index contributed by atoms with van der Waals surface area (Å²) < 4.78 is 19.8. The Bertz CT molecular complexity index is 390. The number of rotatable bonds is 5. The maximum Gasteiger partial charge on any atom is 0.291 e. The summed E-state index contributed by atoms with van der Waals surface area (Å²) in [5.41, 5.74) is 0. The summed E-state index contributed by atoms with van der Waals surface area (Å²) in [6.45, 7) is 3.81. The topological polar surface area (TPSA) is 56.3 Å². The number of nitrogens with one attached hydrogen (secondary N) is 1. The number of nitrogens with zero attached hydrogens (tertiary/aromatic N) is 2. The van der Waals surface area contributed by atoms with Gasteiger partial charge in [0.1, 0.15) is 6.10 Å². The third-order valence-corrected chi connectivity index (χ3v) is 3.93. The van der Waals surface area contributed by atoms with Crippen molar-refractivity contribution in [2.75, 3.05) is 13.2 Å². The lowest BCUT2D eigenvalue weighted by Crippen LogP contribution is -2.35. The highest BCUT2D eigenvalue weighted by atomic mass is 35.5. The van der Waals surface area contributed by atoms with Crippen LogP contribution in [0.4, 0.5) is 0 Å². The lowest BCUT2D eigenvalue weighted by molar-refractivity contribution is 0.133. The van der Waals surface area contributed by atoms with Gasteiger partial charge in [0.25, 0.3) is 11.8 Å². The Hall–Kier alpha value is -0.590.